The molecular weight excluding hydrogens is 371 g/mol. The van der Waals surface area contributed by atoms with E-state index in [-0.39, 0.29) is 17.7 Å². The van der Waals surface area contributed by atoms with E-state index >= 15 is 0 Å². The lowest BCUT2D eigenvalue weighted by atomic mass is 9.84. The van der Waals surface area contributed by atoms with E-state index in [2.05, 4.69) is 10.3 Å². The fourth-order valence-electron chi connectivity index (χ4n) is 3.44. The summed E-state index contributed by atoms with van der Waals surface area (Å²) in [7, 11) is 0. The number of amides is 1. The summed E-state index contributed by atoms with van der Waals surface area (Å²) in [5, 5.41) is 13.7. The van der Waals surface area contributed by atoms with Gasteiger partial charge >= 0.3 is 0 Å². The lowest BCUT2D eigenvalue weighted by Crippen LogP contribution is -2.37. The summed E-state index contributed by atoms with van der Waals surface area (Å²) in [4.78, 5) is 16.5. The fourth-order valence-corrected chi connectivity index (χ4v) is 3.95. The number of nitrogens with zero attached hydrogens (tertiary/aromatic N) is 1. The van der Waals surface area contributed by atoms with Crippen LogP contribution in [0.5, 0.6) is 5.75 Å². The summed E-state index contributed by atoms with van der Waals surface area (Å²) in [5.74, 6) is 0.648. The third-order valence-corrected chi connectivity index (χ3v) is 5.50. The Balaban J connectivity index is 1.43. The van der Waals surface area contributed by atoms with Gasteiger partial charge in [-0.15, -0.1) is 0 Å². The molecule has 0 unspecified atom stereocenters. The Labute approximate surface area is 163 Å². The molecule has 1 aromatic heterocycles. The Hall–Kier alpha value is -1.78. The first-order valence-corrected chi connectivity index (χ1v) is 9.65. The summed E-state index contributed by atoms with van der Waals surface area (Å²) < 4.78 is 0. The molecule has 0 atom stereocenters. The van der Waals surface area contributed by atoms with Gasteiger partial charge in [-0.25, -0.2) is 0 Å². The second-order valence-corrected chi connectivity index (χ2v) is 7.64. The molecule has 1 amide bonds. The predicted octanol–water partition coefficient (Wildman–Crippen LogP) is 4.87. The lowest BCUT2D eigenvalue weighted by molar-refractivity contribution is -0.122. The Morgan fingerprint density at radius 2 is 1.92 bits per heavy atom. The number of aromatic nitrogens is 1. The minimum Gasteiger partial charge on any atom is -0.506 e. The standard InChI is InChI=1S/C20H22Cl2N2O2/c21-15-5-1-13(18(22)11-15)4-10-20(26)24-16-6-2-14(3-7-16)19-9-8-17(25)12-23-19/h1,5,8-9,11-12,14,16,25H,2-4,6-7,10H2,(H,24,26). The lowest BCUT2D eigenvalue weighted by Gasteiger charge is -2.28. The molecule has 26 heavy (non-hydrogen) atoms. The molecule has 0 aliphatic heterocycles. The van der Waals surface area contributed by atoms with Gasteiger partial charge in [0.2, 0.25) is 5.91 Å². The van der Waals surface area contributed by atoms with Gasteiger partial charge in [-0.3, -0.25) is 9.78 Å². The van der Waals surface area contributed by atoms with Crippen molar-refractivity contribution in [3.63, 3.8) is 0 Å². The van der Waals surface area contributed by atoms with Gasteiger partial charge in [-0.2, -0.15) is 0 Å². The van der Waals surface area contributed by atoms with Crippen molar-refractivity contribution in [2.75, 3.05) is 0 Å². The van der Waals surface area contributed by atoms with Crippen molar-refractivity contribution >= 4 is 29.1 Å². The summed E-state index contributed by atoms with van der Waals surface area (Å²) in [6.07, 6.45) is 6.39. The number of carbonyl (C=O) groups is 1. The van der Waals surface area contributed by atoms with Crippen molar-refractivity contribution in [3.05, 3.63) is 57.8 Å². The number of aromatic hydroxyl groups is 1. The number of pyridine rings is 1. The van der Waals surface area contributed by atoms with Gasteiger partial charge in [-0.1, -0.05) is 29.3 Å². The van der Waals surface area contributed by atoms with Crippen molar-refractivity contribution in [2.45, 2.75) is 50.5 Å². The first-order chi connectivity index (χ1) is 12.5. The van der Waals surface area contributed by atoms with Crippen molar-refractivity contribution in [1.29, 1.82) is 0 Å². The van der Waals surface area contributed by atoms with Crippen LogP contribution in [0.4, 0.5) is 0 Å². The molecule has 0 saturated heterocycles. The molecule has 1 aliphatic rings. The molecule has 0 radical (unpaired) electrons. The first-order valence-electron chi connectivity index (χ1n) is 8.89. The molecule has 1 aliphatic carbocycles. The molecule has 6 heteroatoms. The highest BCUT2D eigenvalue weighted by molar-refractivity contribution is 6.35. The molecule has 3 rings (SSSR count). The second-order valence-electron chi connectivity index (χ2n) is 6.79. The van der Waals surface area contributed by atoms with E-state index in [1.807, 2.05) is 12.1 Å². The Morgan fingerprint density at radius 1 is 1.15 bits per heavy atom. The summed E-state index contributed by atoms with van der Waals surface area (Å²) in [6.45, 7) is 0. The van der Waals surface area contributed by atoms with Crippen LogP contribution in [0, 0.1) is 0 Å². The third-order valence-electron chi connectivity index (χ3n) is 4.92. The number of aryl methyl sites for hydroxylation is 1. The highest BCUT2D eigenvalue weighted by atomic mass is 35.5. The normalized spacial score (nSPS) is 19.9. The van der Waals surface area contributed by atoms with Crippen LogP contribution in [0.1, 0.15) is 49.3 Å². The number of hydrogen-bond donors (Lipinski definition) is 2. The predicted molar refractivity (Wildman–Crippen MR) is 104 cm³/mol. The van der Waals surface area contributed by atoms with Crippen LogP contribution in [0.3, 0.4) is 0 Å². The zero-order valence-corrected chi connectivity index (χ0v) is 15.9. The summed E-state index contributed by atoms with van der Waals surface area (Å²) in [6, 6.07) is 9.14. The number of rotatable bonds is 5. The van der Waals surface area contributed by atoms with Crippen LogP contribution in [-0.4, -0.2) is 22.0 Å². The van der Waals surface area contributed by atoms with Crippen LogP contribution in [0.15, 0.2) is 36.5 Å². The Kier molecular flexibility index (Phi) is 6.38. The second kappa shape index (κ2) is 8.74. The quantitative estimate of drug-likeness (QED) is 0.762. The van der Waals surface area contributed by atoms with Crippen LogP contribution in [0.2, 0.25) is 10.0 Å². The Bertz CT molecular complexity index is 757. The number of hydrogen-bond acceptors (Lipinski definition) is 3. The zero-order chi connectivity index (χ0) is 18.5. The van der Waals surface area contributed by atoms with Gasteiger partial charge in [-0.05, 0) is 61.9 Å². The van der Waals surface area contributed by atoms with E-state index in [9.17, 15) is 9.90 Å². The minimum absolute atomic E-state index is 0.0576. The minimum atomic E-state index is 0.0576. The molecule has 2 aromatic rings. The van der Waals surface area contributed by atoms with Gasteiger partial charge in [0.25, 0.3) is 0 Å². The van der Waals surface area contributed by atoms with E-state index < -0.39 is 0 Å². The molecular formula is C20H22Cl2N2O2. The van der Waals surface area contributed by atoms with Crippen LogP contribution < -0.4 is 5.32 Å². The molecule has 4 nitrogen and oxygen atoms in total. The van der Waals surface area contributed by atoms with Gasteiger partial charge in [0.15, 0.2) is 0 Å². The van der Waals surface area contributed by atoms with E-state index in [0.29, 0.717) is 28.8 Å². The molecule has 138 valence electrons. The smallest absolute Gasteiger partial charge is 0.220 e. The van der Waals surface area contributed by atoms with E-state index in [1.54, 1.807) is 18.2 Å². The summed E-state index contributed by atoms with van der Waals surface area (Å²) >= 11 is 12.0. The van der Waals surface area contributed by atoms with Gasteiger partial charge in [0, 0.05) is 34.1 Å². The van der Waals surface area contributed by atoms with Crippen molar-refractivity contribution in [2.24, 2.45) is 0 Å². The van der Waals surface area contributed by atoms with Crippen LogP contribution in [-0.2, 0) is 11.2 Å². The monoisotopic (exact) mass is 392 g/mol. The number of nitrogens with one attached hydrogen (secondary N) is 1. The fraction of sp³-hybridized carbons (Fsp3) is 0.400. The SMILES string of the molecule is O=C(CCc1ccc(Cl)cc1Cl)NC1CCC(c2ccc(O)cn2)CC1. The maximum atomic E-state index is 12.2. The van der Waals surface area contributed by atoms with Crippen molar-refractivity contribution in [1.82, 2.24) is 10.3 Å². The molecule has 1 fully saturated rings. The van der Waals surface area contributed by atoms with Crippen LogP contribution in [0.25, 0.3) is 0 Å². The number of halogens is 2. The molecule has 1 heterocycles. The van der Waals surface area contributed by atoms with E-state index in [4.69, 9.17) is 23.2 Å². The average Bonchev–Trinajstić information content (AvgIpc) is 2.62. The highest BCUT2D eigenvalue weighted by Gasteiger charge is 2.24. The molecule has 0 bridgehead atoms. The average molecular weight is 393 g/mol. The third kappa shape index (κ3) is 5.12. The molecule has 0 spiro atoms. The van der Waals surface area contributed by atoms with Gasteiger partial charge in [0.05, 0.1) is 6.20 Å². The van der Waals surface area contributed by atoms with Crippen LogP contribution >= 0.6 is 23.2 Å². The maximum absolute atomic E-state index is 12.2. The van der Waals surface area contributed by atoms with Gasteiger partial charge in [0.1, 0.15) is 5.75 Å². The number of benzene rings is 1. The zero-order valence-electron chi connectivity index (χ0n) is 14.4. The highest BCUT2D eigenvalue weighted by Crippen LogP contribution is 2.32. The number of carbonyl (C=O) groups excluding carboxylic acids is 1. The van der Waals surface area contributed by atoms with Gasteiger partial charge < -0.3 is 10.4 Å². The largest absolute Gasteiger partial charge is 0.506 e. The Morgan fingerprint density at radius 3 is 2.58 bits per heavy atom. The topological polar surface area (TPSA) is 62.2 Å². The molecule has 1 aromatic carbocycles. The molecule has 1 saturated carbocycles. The van der Waals surface area contributed by atoms with E-state index in [1.165, 1.54) is 6.20 Å². The van der Waals surface area contributed by atoms with Crippen molar-refractivity contribution < 1.29 is 9.90 Å². The van der Waals surface area contributed by atoms with Crippen molar-refractivity contribution in [3.8, 4) is 5.75 Å². The molecule has 2 N–H and O–H groups in total. The van der Waals surface area contributed by atoms with E-state index in [0.717, 1.165) is 36.9 Å². The summed E-state index contributed by atoms with van der Waals surface area (Å²) in [5.41, 5.74) is 1.96. The maximum Gasteiger partial charge on any atom is 0.220 e. The first kappa shape index (κ1) is 19.0.